The molecule has 1 N–H and O–H groups in total. The van der Waals surface area contributed by atoms with E-state index in [2.05, 4.69) is 5.32 Å². The number of rotatable bonds is 4. The second-order valence-corrected chi connectivity index (χ2v) is 3.82. The zero-order valence-electron chi connectivity index (χ0n) is 9.18. The zero-order chi connectivity index (χ0) is 11.4. The number of amides is 1. The summed E-state index contributed by atoms with van der Waals surface area (Å²) in [5.74, 6) is 0. The van der Waals surface area contributed by atoms with Crippen molar-refractivity contribution in [2.75, 3.05) is 7.11 Å². The maximum atomic E-state index is 11.3. The molecule has 1 aromatic carbocycles. The van der Waals surface area contributed by atoms with Gasteiger partial charge in [0.25, 0.3) is 0 Å². The van der Waals surface area contributed by atoms with Crippen molar-refractivity contribution >= 4 is 6.09 Å². The quantitative estimate of drug-likeness (QED) is 0.841. The maximum absolute atomic E-state index is 11.3. The van der Waals surface area contributed by atoms with Gasteiger partial charge in [-0.15, -0.1) is 0 Å². The van der Waals surface area contributed by atoms with Gasteiger partial charge in [0.15, 0.2) is 0 Å². The summed E-state index contributed by atoms with van der Waals surface area (Å²) in [4.78, 5) is 11.3. The minimum Gasteiger partial charge on any atom is -0.445 e. The number of methoxy groups -OCH3 is 1. The summed E-state index contributed by atoms with van der Waals surface area (Å²) in [7, 11) is 1.64. The predicted octanol–water partition coefficient (Wildman–Crippen LogP) is 1.70. The molecule has 1 amide bonds. The summed E-state index contributed by atoms with van der Waals surface area (Å²) in [5.41, 5.74) is 0.983. The fourth-order valence-corrected chi connectivity index (χ4v) is 1.50. The number of ether oxygens (including phenoxy) is 2. The van der Waals surface area contributed by atoms with Gasteiger partial charge in [-0.1, -0.05) is 30.3 Å². The molecule has 2 unspecified atom stereocenters. The van der Waals surface area contributed by atoms with Crippen molar-refractivity contribution in [3.63, 3.8) is 0 Å². The van der Waals surface area contributed by atoms with Crippen molar-refractivity contribution in [2.45, 2.75) is 25.2 Å². The molecule has 1 aromatic rings. The van der Waals surface area contributed by atoms with Crippen LogP contribution in [0, 0.1) is 0 Å². The molecule has 2 rings (SSSR count). The van der Waals surface area contributed by atoms with E-state index in [1.807, 2.05) is 30.3 Å². The number of hydrogen-bond acceptors (Lipinski definition) is 3. The number of alkyl carbamates (subject to hydrolysis) is 1. The first kappa shape index (κ1) is 11.0. The van der Waals surface area contributed by atoms with Crippen LogP contribution in [-0.4, -0.2) is 25.3 Å². The molecule has 0 heterocycles. The second kappa shape index (κ2) is 4.99. The molecule has 0 spiro atoms. The Morgan fingerprint density at radius 1 is 1.44 bits per heavy atom. The van der Waals surface area contributed by atoms with Gasteiger partial charge in [0.1, 0.15) is 6.61 Å². The van der Waals surface area contributed by atoms with E-state index in [0.29, 0.717) is 6.61 Å². The van der Waals surface area contributed by atoms with E-state index < -0.39 is 0 Å². The molecule has 0 aliphatic heterocycles. The number of carbonyl (C=O) groups excluding carboxylic acids is 1. The summed E-state index contributed by atoms with van der Waals surface area (Å²) in [6, 6.07) is 9.71. The number of carbonyl (C=O) groups is 1. The Bertz CT molecular complexity index is 353. The van der Waals surface area contributed by atoms with E-state index in [4.69, 9.17) is 9.47 Å². The molecule has 4 nitrogen and oxygen atoms in total. The van der Waals surface area contributed by atoms with Crippen molar-refractivity contribution in [3.8, 4) is 0 Å². The number of hydrogen-bond donors (Lipinski definition) is 1. The molecule has 1 fully saturated rings. The van der Waals surface area contributed by atoms with Crippen molar-refractivity contribution in [1.29, 1.82) is 0 Å². The Kier molecular flexibility index (Phi) is 3.41. The van der Waals surface area contributed by atoms with Crippen molar-refractivity contribution < 1.29 is 14.3 Å². The van der Waals surface area contributed by atoms with Gasteiger partial charge in [-0.2, -0.15) is 0 Å². The van der Waals surface area contributed by atoms with Crippen molar-refractivity contribution in [2.24, 2.45) is 0 Å². The van der Waals surface area contributed by atoms with E-state index in [1.54, 1.807) is 7.11 Å². The molecular formula is C12H15NO3. The normalized spacial score (nSPS) is 22.6. The van der Waals surface area contributed by atoms with Crippen LogP contribution >= 0.6 is 0 Å². The van der Waals surface area contributed by atoms with Crippen LogP contribution in [0.2, 0.25) is 0 Å². The highest BCUT2D eigenvalue weighted by Crippen LogP contribution is 2.24. The monoisotopic (exact) mass is 221 g/mol. The first-order chi connectivity index (χ1) is 7.79. The molecule has 1 saturated carbocycles. The van der Waals surface area contributed by atoms with Crippen molar-refractivity contribution in [3.05, 3.63) is 35.9 Å². The summed E-state index contributed by atoms with van der Waals surface area (Å²) < 4.78 is 10.1. The third kappa shape index (κ3) is 2.97. The second-order valence-electron chi connectivity index (χ2n) is 3.82. The molecule has 86 valence electrons. The lowest BCUT2D eigenvalue weighted by atomic mass is 10.2. The highest BCUT2D eigenvalue weighted by Gasteiger charge is 2.38. The Morgan fingerprint density at radius 3 is 2.81 bits per heavy atom. The van der Waals surface area contributed by atoms with Crippen LogP contribution in [0.5, 0.6) is 0 Å². The molecular weight excluding hydrogens is 206 g/mol. The maximum Gasteiger partial charge on any atom is 0.407 e. The van der Waals surface area contributed by atoms with E-state index in [0.717, 1.165) is 12.0 Å². The van der Waals surface area contributed by atoms with Gasteiger partial charge in [0.05, 0.1) is 12.1 Å². The lowest BCUT2D eigenvalue weighted by molar-refractivity contribution is 0.132. The van der Waals surface area contributed by atoms with Crippen LogP contribution in [-0.2, 0) is 16.1 Å². The van der Waals surface area contributed by atoms with Crippen molar-refractivity contribution in [1.82, 2.24) is 5.32 Å². The van der Waals surface area contributed by atoms with Crippen LogP contribution in [0.4, 0.5) is 4.79 Å². The van der Waals surface area contributed by atoms with Crippen LogP contribution in [0.25, 0.3) is 0 Å². The molecule has 0 radical (unpaired) electrons. The average molecular weight is 221 g/mol. The fourth-order valence-electron chi connectivity index (χ4n) is 1.50. The smallest absolute Gasteiger partial charge is 0.407 e. The van der Waals surface area contributed by atoms with E-state index in [1.165, 1.54) is 0 Å². The van der Waals surface area contributed by atoms with E-state index in [-0.39, 0.29) is 18.2 Å². The Hall–Kier alpha value is -1.55. The third-order valence-corrected chi connectivity index (χ3v) is 2.55. The molecule has 0 aromatic heterocycles. The Labute approximate surface area is 94.6 Å². The van der Waals surface area contributed by atoms with E-state index in [9.17, 15) is 4.79 Å². The van der Waals surface area contributed by atoms with Gasteiger partial charge in [-0.25, -0.2) is 4.79 Å². The van der Waals surface area contributed by atoms with Gasteiger partial charge in [0.2, 0.25) is 0 Å². The van der Waals surface area contributed by atoms with Gasteiger partial charge in [-0.05, 0) is 12.0 Å². The Morgan fingerprint density at radius 2 is 2.19 bits per heavy atom. The summed E-state index contributed by atoms with van der Waals surface area (Å²) in [6.45, 7) is 0.303. The van der Waals surface area contributed by atoms with E-state index >= 15 is 0 Å². The third-order valence-electron chi connectivity index (χ3n) is 2.55. The van der Waals surface area contributed by atoms with Crippen LogP contribution < -0.4 is 5.32 Å². The molecule has 16 heavy (non-hydrogen) atoms. The highest BCUT2D eigenvalue weighted by atomic mass is 16.5. The highest BCUT2D eigenvalue weighted by molar-refractivity contribution is 5.68. The number of benzene rings is 1. The van der Waals surface area contributed by atoms with Crippen LogP contribution in [0.1, 0.15) is 12.0 Å². The molecule has 1 aliphatic carbocycles. The lowest BCUT2D eigenvalue weighted by Crippen LogP contribution is -2.28. The van der Waals surface area contributed by atoms with Crippen LogP contribution in [0.15, 0.2) is 30.3 Å². The van der Waals surface area contributed by atoms with Gasteiger partial charge < -0.3 is 14.8 Å². The van der Waals surface area contributed by atoms with Gasteiger partial charge >= 0.3 is 6.09 Å². The first-order valence-electron chi connectivity index (χ1n) is 5.29. The molecule has 4 heteroatoms. The average Bonchev–Trinajstić information content (AvgIpc) is 3.06. The molecule has 2 atom stereocenters. The fraction of sp³-hybridized carbons (Fsp3) is 0.417. The summed E-state index contributed by atoms with van der Waals surface area (Å²) in [5, 5.41) is 2.74. The first-order valence-corrected chi connectivity index (χ1v) is 5.29. The molecule has 0 bridgehead atoms. The SMILES string of the molecule is COC1CC1NC(=O)OCc1ccccc1. The van der Waals surface area contributed by atoms with Crippen LogP contribution in [0.3, 0.4) is 0 Å². The topological polar surface area (TPSA) is 47.6 Å². The number of nitrogens with one attached hydrogen (secondary N) is 1. The Balaban J connectivity index is 1.69. The summed E-state index contributed by atoms with van der Waals surface area (Å²) in [6.07, 6.45) is 0.648. The van der Waals surface area contributed by atoms with Gasteiger partial charge in [0, 0.05) is 7.11 Å². The molecule has 0 saturated heterocycles. The summed E-state index contributed by atoms with van der Waals surface area (Å²) >= 11 is 0. The molecule has 1 aliphatic rings. The lowest BCUT2D eigenvalue weighted by Gasteiger charge is -2.06. The standard InChI is InChI=1S/C12H15NO3/c1-15-11-7-10(11)13-12(14)16-8-9-5-3-2-4-6-9/h2-6,10-11H,7-8H2,1H3,(H,13,14). The predicted molar refractivity (Wildman–Crippen MR) is 59.0 cm³/mol. The largest absolute Gasteiger partial charge is 0.445 e. The minimum absolute atomic E-state index is 0.119. The zero-order valence-corrected chi connectivity index (χ0v) is 9.18. The minimum atomic E-state index is -0.381. The van der Waals surface area contributed by atoms with Gasteiger partial charge in [-0.3, -0.25) is 0 Å².